The zero-order valence-corrected chi connectivity index (χ0v) is 25.5. The number of halogens is 2. The van der Waals surface area contributed by atoms with Crippen molar-refractivity contribution in [1.82, 2.24) is 15.1 Å². The van der Waals surface area contributed by atoms with Crippen LogP contribution in [0.25, 0.3) is 0 Å². The van der Waals surface area contributed by atoms with Crippen molar-refractivity contribution in [3.05, 3.63) is 59.2 Å². The van der Waals surface area contributed by atoms with Gasteiger partial charge in [-0.1, -0.05) is 12.1 Å². The van der Waals surface area contributed by atoms with Gasteiger partial charge in [-0.3, -0.25) is 19.3 Å². The van der Waals surface area contributed by atoms with Crippen molar-refractivity contribution in [3.8, 4) is 0 Å². The molecule has 2 aliphatic rings. The van der Waals surface area contributed by atoms with E-state index >= 15 is 0 Å². The summed E-state index contributed by atoms with van der Waals surface area (Å²) in [6.45, 7) is 7.34. The Morgan fingerprint density at radius 3 is 2.34 bits per heavy atom. The minimum atomic E-state index is -1.27. The maximum absolute atomic E-state index is 14.5. The van der Waals surface area contributed by atoms with Crippen LogP contribution < -0.4 is 16.4 Å². The molecule has 0 saturated carbocycles. The molecule has 0 aromatic heterocycles. The SMILES string of the molecule is C[C@@H](C(=O)N[C@H](C(=O)N1Cc2cc(N)ccc2[C@H]1C(=O)Nc1c(F)cccc1F)C1CCOCC1)N(C)C(=O)OC(C)(C)C. The van der Waals surface area contributed by atoms with Gasteiger partial charge in [-0.25, -0.2) is 13.6 Å². The zero-order chi connectivity index (χ0) is 32.3. The summed E-state index contributed by atoms with van der Waals surface area (Å²) in [5.41, 5.74) is 6.01. The highest BCUT2D eigenvalue weighted by molar-refractivity contribution is 6.00. The molecular formula is C31H39F2N5O6. The summed E-state index contributed by atoms with van der Waals surface area (Å²) < 4.78 is 39.8. The summed E-state index contributed by atoms with van der Waals surface area (Å²) in [6, 6.07) is 4.64. The van der Waals surface area contributed by atoms with E-state index in [0.29, 0.717) is 42.9 Å². The molecule has 1 fully saturated rings. The van der Waals surface area contributed by atoms with Crippen LogP contribution in [-0.2, 0) is 30.4 Å². The second kappa shape index (κ2) is 13.2. The molecular weight excluding hydrogens is 576 g/mol. The smallest absolute Gasteiger partial charge is 0.410 e. The highest BCUT2D eigenvalue weighted by Crippen LogP contribution is 2.38. The van der Waals surface area contributed by atoms with Crippen molar-refractivity contribution < 1.29 is 37.4 Å². The van der Waals surface area contributed by atoms with Crippen LogP contribution in [-0.4, -0.2) is 71.6 Å². The molecule has 2 aromatic carbocycles. The topological polar surface area (TPSA) is 143 Å². The van der Waals surface area contributed by atoms with Crippen molar-refractivity contribution >= 4 is 35.2 Å². The molecule has 13 heteroatoms. The fourth-order valence-electron chi connectivity index (χ4n) is 5.32. The van der Waals surface area contributed by atoms with Gasteiger partial charge in [0.2, 0.25) is 11.8 Å². The minimum Gasteiger partial charge on any atom is -0.444 e. The molecule has 4 N–H and O–H groups in total. The predicted octanol–water partition coefficient (Wildman–Crippen LogP) is 3.74. The Labute approximate surface area is 255 Å². The molecule has 2 aliphatic heterocycles. The average Bonchev–Trinajstić information content (AvgIpc) is 3.34. The molecule has 0 aliphatic carbocycles. The summed E-state index contributed by atoms with van der Waals surface area (Å²) in [5, 5.41) is 5.12. The van der Waals surface area contributed by atoms with E-state index in [1.54, 1.807) is 39.0 Å². The maximum Gasteiger partial charge on any atom is 0.410 e. The number of para-hydroxylation sites is 1. The van der Waals surface area contributed by atoms with Gasteiger partial charge in [-0.05, 0) is 81.8 Å². The van der Waals surface area contributed by atoms with Gasteiger partial charge in [-0.15, -0.1) is 0 Å². The second-order valence-electron chi connectivity index (χ2n) is 12.1. The van der Waals surface area contributed by atoms with Crippen LogP contribution in [0.2, 0.25) is 0 Å². The third kappa shape index (κ3) is 7.26. The molecule has 3 atom stereocenters. The number of hydrogen-bond acceptors (Lipinski definition) is 7. The third-order valence-corrected chi connectivity index (χ3v) is 7.80. The molecule has 2 heterocycles. The lowest BCUT2D eigenvalue weighted by atomic mass is 9.90. The van der Waals surface area contributed by atoms with Gasteiger partial charge in [0.25, 0.3) is 5.91 Å². The molecule has 4 amide bonds. The summed E-state index contributed by atoms with van der Waals surface area (Å²) in [5.74, 6) is -4.29. The first-order chi connectivity index (χ1) is 20.7. The Balaban J connectivity index is 1.64. The van der Waals surface area contributed by atoms with Gasteiger partial charge in [-0.2, -0.15) is 0 Å². The first-order valence-electron chi connectivity index (χ1n) is 14.5. The van der Waals surface area contributed by atoms with Gasteiger partial charge in [0, 0.05) is 32.5 Å². The standard InChI is InChI=1S/C31H39F2N5O6/c1-17(37(5)30(42)44-31(2,3)4)27(39)35-24(18-11-13-43-14-12-18)29(41)38-16-19-15-20(34)9-10-21(19)26(38)28(40)36-25-22(32)7-6-8-23(25)33/h6-10,15,17-18,24,26H,11-14,16,34H2,1-5H3,(H,35,39)(H,36,40)/t17-,24-,26-/m0/s1. The number of likely N-dealkylation sites (N-methyl/N-ethyl adjacent to an activating group) is 1. The number of anilines is 2. The molecule has 1 saturated heterocycles. The van der Waals surface area contributed by atoms with Crippen molar-refractivity contribution in [2.45, 2.75) is 70.8 Å². The number of hydrogen-bond donors (Lipinski definition) is 3. The van der Waals surface area contributed by atoms with E-state index in [1.807, 2.05) is 0 Å². The highest BCUT2D eigenvalue weighted by atomic mass is 19.1. The Kier molecular flexibility index (Phi) is 9.77. The molecule has 0 spiro atoms. The number of carbonyl (C=O) groups excluding carboxylic acids is 4. The number of amides is 4. The van der Waals surface area contributed by atoms with Crippen LogP contribution in [0.4, 0.5) is 25.0 Å². The van der Waals surface area contributed by atoms with Gasteiger partial charge in [0.05, 0.1) is 0 Å². The fourth-order valence-corrected chi connectivity index (χ4v) is 5.32. The number of nitrogens with two attached hydrogens (primary N) is 1. The van der Waals surface area contributed by atoms with Gasteiger partial charge < -0.3 is 30.7 Å². The van der Waals surface area contributed by atoms with Crippen LogP contribution in [0.5, 0.6) is 0 Å². The fraction of sp³-hybridized carbons (Fsp3) is 0.484. The monoisotopic (exact) mass is 615 g/mol. The van der Waals surface area contributed by atoms with E-state index in [-0.39, 0.29) is 12.5 Å². The van der Waals surface area contributed by atoms with Crippen LogP contribution in [0.1, 0.15) is 57.7 Å². The molecule has 0 unspecified atom stereocenters. The van der Waals surface area contributed by atoms with Crippen molar-refractivity contribution in [2.24, 2.45) is 5.92 Å². The lowest BCUT2D eigenvalue weighted by Gasteiger charge is -2.36. The molecule has 44 heavy (non-hydrogen) atoms. The molecule has 0 radical (unpaired) electrons. The van der Waals surface area contributed by atoms with Crippen LogP contribution in [0, 0.1) is 17.6 Å². The van der Waals surface area contributed by atoms with E-state index in [4.69, 9.17) is 15.2 Å². The Hall–Kier alpha value is -4.26. The first-order valence-corrected chi connectivity index (χ1v) is 14.5. The quantitative estimate of drug-likeness (QED) is 0.403. The summed E-state index contributed by atoms with van der Waals surface area (Å²) >= 11 is 0. The second-order valence-corrected chi connectivity index (χ2v) is 12.1. The van der Waals surface area contributed by atoms with E-state index in [2.05, 4.69) is 10.6 Å². The Bertz CT molecular complexity index is 1400. The summed E-state index contributed by atoms with van der Waals surface area (Å²) in [7, 11) is 1.42. The van der Waals surface area contributed by atoms with Crippen molar-refractivity contribution in [2.75, 3.05) is 31.3 Å². The number of nitrogens with zero attached hydrogens (tertiary/aromatic N) is 2. The minimum absolute atomic E-state index is 0.0278. The number of benzene rings is 2. The van der Waals surface area contributed by atoms with Gasteiger partial charge >= 0.3 is 6.09 Å². The molecule has 0 bridgehead atoms. The van der Waals surface area contributed by atoms with E-state index < -0.39 is 64.9 Å². The van der Waals surface area contributed by atoms with Crippen molar-refractivity contribution in [3.63, 3.8) is 0 Å². The molecule has 2 aromatic rings. The van der Waals surface area contributed by atoms with Gasteiger partial charge in [0.15, 0.2) is 0 Å². The Morgan fingerprint density at radius 1 is 1.09 bits per heavy atom. The van der Waals surface area contributed by atoms with Crippen molar-refractivity contribution in [1.29, 1.82) is 0 Å². The first kappa shape index (κ1) is 32.6. The maximum atomic E-state index is 14.5. The number of ether oxygens (including phenoxy) is 2. The highest BCUT2D eigenvalue weighted by Gasteiger charge is 2.44. The Morgan fingerprint density at radius 2 is 1.73 bits per heavy atom. The predicted molar refractivity (Wildman–Crippen MR) is 158 cm³/mol. The van der Waals surface area contributed by atoms with Crippen LogP contribution >= 0.6 is 0 Å². The van der Waals surface area contributed by atoms with Crippen LogP contribution in [0.15, 0.2) is 36.4 Å². The number of carbonyl (C=O) groups is 4. The number of rotatable bonds is 7. The number of fused-ring (bicyclic) bond motifs is 1. The lowest BCUT2D eigenvalue weighted by Crippen LogP contribution is -2.57. The number of nitrogens with one attached hydrogen (secondary N) is 2. The van der Waals surface area contributed by atoms with E-state index in [0.717, 1.165) is 17.0 Å². The summed E-state index contributed by atoms with van der Waals surface area (Å²) in [4.78, 5) is 56.5. The summed E-state index contributed by atoms with van der Waals surface area (Å²) in [6.07, 6.45) is 0.203. The van der Waals surface area contributed by atoms with E-state index in [9.17, 15) is 28.0 Å². The van der Waals surface area contributed by atoms with E-state index in [1.165, 1.54) is 24.9 Å². The number of nitrogen functional groups attached to an aromatic ring is 1. The van der Waals surface area contributed by atoms with Crippen LogP contribution in [0.3, 0.4) is 0 Å². The zero-order valence-electron chi connectivity index (χ0n) is 25.5. The molecule has 238 valence electrons. The molecule has 11 nitrogen and oxygen atoms in total. The third-order valence-electron chi connectivity index (χ3n) is 7.80. The lowest BCUT2D eigenvalue weighted by molar-refractivity contribution is -0.144. The average molecular weight is 616 g/mol. The van der Waals surface area contributed by atoms with Gasteiger partial charge in [0.1, 0.15) is 41.0 Å². The molecule has 4 rings (SSSR count). The normalized spacial score (nSPS) is 18.2. The largest absolute Gasteiger partial charge is 0.444 e.